The first-order valence-electron chi connectivity index (χ1n) is 6.03. The molecule has 2 nitrogen and oxygen atoms in total. The standard InChI is InChI=1S/C14H20BrNO/c1-5-9(2)11(4)16-14(17)12-7-6-8-13(15)10(12)3/h6-9,11H,5H2,1-4H3,(H,16,17). The normalized spacial score (nSPS) is 14.2. The van der Waals surface area contributed by atoms with Crippen LogP contribution >= 0.6 is 15.9 Å². The predicted molar refractivity (Wildman–Crippen MR) is 75.3 cm³/mol. The predicted octanol–water partition coefficient (Wildman–Crippen LogP) is 3.92. The molecule has 1 rings (SSSR count). The summed E-state index contributed by atoms with van der Waals surface area (Å²) in [5, 5.41) is 3.06. The Labute approximate surface area is 112 Å². The van der Waals surface area contributed by atoms with Gasteiger partial charge in [0.1, 0.15) is 0 Å². The van der Waals surface area contributed by atoms with Gasteiger partial charge in [-0.2, -0.15) is 0 Å². The first-order valence-corrected chi connectivity index (χ1v) is 6.82. The van der Waals surface area contributed by atoms with Crippen molar-refractivity contribution < 1.29 is 4.79 Å². The fraction of sp³-hybridized carbons (Fsp3) is 0.500. The Bertz CT molecular complexity index is 403. The largest absolute Gasteiger partial charge is 0.349 e. The quantitative estimate of drug-likeness (QED) is 0.896. The monoisotopic (exact) mass is 297 g/mol. The molecule has 0 fully saturated rings. The molecule has 94 valence electrons. The summed E-state index contributed by atoms with van der Waals surface area (Å²) >= 11 is 3.44. The van der Waals surface area contributed by atoms with Crippen LogP contribution in [0.2, 0.25) is 0 Å². The Balaban J connectivity index is 2.80. The van der Waals surface area contributed by atoms with Gasteiger partial charge < -0.3 is 5.32 Å². The number of halogens is 1. The summed E-state index contributed by atoms with van der Waals surface area (Å²) in [5.41, 5.74) is 1.73. The molecule has 2 unspecified atom stereocenters. The first-order chi connectivity index (χ1) is 7.97. The van der Waals surface area contributed by atoms with E-state index in [1.54, 1.807) is 0 Å². The van der Waals surface area contributed by atoms with Crippen molar-refractivity contribution in [1.82, 2.24) is 5.32 Å². The third-order valence-corrected chi connectivity index (χ3v) is 4.23. The fourth-order valence-corrected chi connectivity index (χ4v) is 2.00. The first kappa shape index (κ1) is 14.2. The molecule has 1 aromatic rings. The van der Waals surface area contributed by atoms with E-state index in [-0.39, 0.29) is 11.9 Å². The van der Waals surface area contributed by atoms with E-state index in [0.717, 1.165) is 22.0 Å². The van der Waals surface area contributed by atoms with Crippen molar-refractivity contribution in [2.75, 3.05) is 0 Å². The third-order valence-electron chi connectivity index (χ3n) is 3.37. The van der Waals surface area contributed by atoms with Gasteiger partial charge in [-0.1, -0.05) is 42.3 Å². The number of hydrogen-bond donors (Lipinski definition) is 1. The van der Waals surface area contributed by atoms with E-state index in [4.69, 9.17) is 0 Å². The smallest absolute Gasteiger partial charge is 0.251 e. The minimum atomic E-state index is 0.0107. The van der Waals surface area contributed by atoms with Crippen molar-refractivity contribution in [2.24, 2.45) is 5.92 Å². The molecule has 0 spiro atoms. The zero-order chi connectivity index (χ0) is 13.0. The maximum Gasteiger partial charge on any atom is 0.251 e. The zero-order valence-electron chi connectivity index (χ0n) is 10.9. The average Bonchev–Trinajstić information content (AvgIpc) is 2.31. The van der Waals surface area contributed by atoms with Gasteiger partial charge in [-0.25, -0.2) is 0 Å². The van der Waals surface area contributed by atoms with E-state index in [1.807, 2.05) is 25.1 Å². The molecule has 1 amide bonds. The lowest BCUT2D eigenvalue weighted by atomic mass is 10.00. The van der Waals surface area contributed by atoms with Crippen LogP contribution < -0.4 is 5.32 Å². The molecule has 1 aromatic carbocycles. The third kappa shape index (κ3) is 3.56. The Hall–Kier alpha value is -0.830. The van der Waals surface area contributed by atoms with Gasteiger partial charge in [0.25, 0.3) is 5.91 Å². The van der Waals surface area contributed by atoms with Gasteiger partial charge in [0.15, 0.2) is 0 Å². The lowest BCUT2D eigenvalue weighted by Gasteiger charge is -2.20. The van der Waals surface area contributed by atoms with Crippen molar-refractivity contribution in [3.63, 3.8) is 0 Å². The molecular weight excluding hydrogens is 278 g/mol. The number of carbonyl (C=O) groups excluding carboxylic acids is 1. The summed E-state index contributed by atoms with van der Waals surface area (Å²) in [6, 6.07) is 5.90. The number of nitrogens with one attached hydrogen (secondary N) is 1. The van der Waals surface area contributed by atoms with Crippen LogP contribution in [0.1, 0.15) is 43.1 Å². The number of rotatable bonds is 4. The van der Waals surface area contributed by atoms with Crippen LogP contribution in [0.4, 0.5) is 0 Å². The molecular formula is C14H20BrNO. The second kappa shape index (κ2) is 6.20. The summed E-state index contributed by atoms with van der Waals surface area (Å²) in [7, 11) is 0. The molecule has 0 radical (unpaired) electrons. The molecule has 0 bridgehead atoms. The molecule has 0 aliphatic heterocycles. The lowest BCUT2D eigenvalue weighted by molar-refractivity contribution is 0.0927. The molecule has 0 saturated carbocycles. The molecule has 1 N–H and O–H groups in total. The van der Waals surface area contributed by atoms with E-state index < -0.39 is 0 Å². The van der Waals surface area contributed by atoms with Gasteiger partial charge in [0, 0.05) is 16.1 Å². The topological polar surface area (TPSA) is 29.1 Å². The number of benzene rings is 1. The summed E-state index contributed by atoms with van der Waals surface area (Å²) < 4.78 is 0.973. The molecule has 17 heavy (non-hydrogen) atoms. The number of amides is 1. The SMILES string of the molecule is CCC(C)C(C)NC(=O)c1cccc(Br)c1C. The Morgan fingerprint density at radius 3 is 2.65 bits per heavy atom. The summed E-state index contributed by atoms with van der Waals surface area (Å²) in [6.07, 6.45) is 1.07. The van der Waals surface area contributed by atoms with Crippen LogP contribution in [0.5, 0.6) is 0 Å². The molecule has 0 heterocycles. The van der Waals surface area contributed by atoms with Crippen LogP contribution in [0.15, 0.2) is 22.7 Å². The van der Waals surface area contributed by atoms with E-state index >= 15 is 0 Å². The van der Waals surface area contributed by atoms with E-state index in [1.165, 1.54) is 0 Å². The van der Waals surface area contributed by atoms with Gasteiger partial charge in [-0.15, -0.1) is 0 Å². The highest BCUT2D eigenvalue weighted by Crippen LogP contribution is 2.19. The van der Waals surface area contributed by atoms with Crippen molar-refractivity contribution in [2.45, 2.75) is 40.2 Å². The van der Waals surface area contributed by atoms with E-state index in [9.17, 15) is 4.79 Å². The highest BCUT2D eigenvalue weighted by Gasteiger charge is 2.16. The Kier molecular flexibility index (Phi) is 5.19. The van der Waals surface area contributed by atoms with Crippen molar-refractivity contribution >= 4 is 21.8 Å². The molecule has 0 saturated heterocycles. The minimum absolute atomic E-state index is 0.0107. The van der Waals surface area contributed by atoms with Crippen molar-refractivity contribution in [3.05, 3.63) is 33.8 Å². The minimum Gasteiger partial charge on any atom is -0.349 e. The summed E-state index contributed by atoms with van der Waals surface area (Å²) in [5.74, 6) is 0.503. The van der Waals surface area contributed by atoms with Crippen LogP contribution in [0.25, 0.3) is 0 Å². The van der Waals surface area contributed by atoms with Crippen LogP contribution in [-0.2, 0) is 0 Å². The van der Waals surface area contributed by atoms with Gasteiger partial charge in [-0.3, -0.25) is 4.79 Å². The van der Waals surface area contributed by atoms with Crippen LogP contribution in [-0.4, -0.2) is 11.9 Å². The Morgan fingerprint density at radius 2 is 2.06 bits per heavy atom. The summed E-state index contributed by atoms with van der Waals surface area (Å²) in [4.78, 5) is 12.1. The van der Waals surface area contributed by atoms with Crippen molar-refractivity contribution in [1.29, 1.82) is 0 Å². The lowest BCUT2D eigenvalue weighted by Crippen LogP contribution is -2.37. The number of carbonyl (C=O) groups is 1. The highest BCUT2D eigenvalue weighted by atomic mass is 79.9. The number of hydrogen-bond acceptors (Lipinski definition) is 1. The second-order valence-electron chi connectivity index (χ2n) is 4.56. The van der Waals surface area contributed by atoms with Crippen molar-refractivity contribution in [3.8, 4) is 0 Å². The highest BCUT2D eigenvalue weighted by molar-refractivity contribution is 9.10. The molecule has 0 aromatic heterocycles. The van der Waals surface area contributed by atoms with Crippen LogP contribution in [0, 0.1) is 12.8 Å². The maximum atomic E-state index is 12.1. The summed E-state index contributed by atoms with van der Waals surface area (Å²) in [6.45, 7) is 8.29. The second-order valence-corrected chi connectivity index (χ2v) is 5.41. The molecule has 3 heteroatoms. The van der Waals surface area contributed by atoms with E-state index in [2.05, 4.69) is 42.0 Å². The average molecular weight is 298 g/mol. The van der Waals surface area contributed by atoms with Gasteiger partial charge in [0.05, 0.1) is 0 Å². The van der Waals surface area contributed by atoms with E-state index in [0.29, 0.717) is 5.92 Å². The zero-order valence-corrected chi connectivity index (χ0v) is 12.5. The molecule has 0 aliphatic rings. The molecule has 2 atom stereocenters. The van der Waals surface area contributed by atoms with Gasteiger partial charge in [-0.05, 0) is 37.5 Å². The van der Waals surface area contributed by atoms with Gasteiger partial charge >= 0.3 is 0 Å². The fourth-order valence-electron chi connectivity index (χ4n) is 1.63. The molecule has 0 aliphatic carbocycles. The van der Waals surface area contributed by atoms with Crippen LogP contribution in [0.3, 0.4) is 0 Å². The Morgan fingerprint density at radius 1 is 1.41 bits per heavy atom. The maximum absolute atomic E-state index is 12.1. The van der Waals surface area contributed by atoms with Gasteiger partial charge in [0.2, 0.25) is 0 Å².